The van der Waals surface area contributed by atoms with E-state index in [0.717, 1.165) is 10.9 Å². The Morgan fingerprint density at radius 2 is 1.92 bits per heavy atom. The first-order valence-corrected chi connectivity index (χ1v) is 12.5. The molecule has 2 aromatic heterocycles. The highest BCUT2D eigenvalue weighted by atomic mass is 35.5. The van der Waals surface area contributed by atoms with Crippen molar-refractivity contribution in [2.24, 2.45) is 5.73 Å². The van der Waals surface area contributed by atoms with Crippen molar-refractivity contribution < 1.29 is 19.1 Å². The van der Waals surface area contributed by atoms with E-state index in [1.165, 1.54) is 12.1 Å². The van der Waals surface area contributed by atoms with Gasteiger partial charge in [-0.25, -0.2) is 4.39 Å². The predicted molar refractivity (Wildman–Crippen MR) is 148 cm³/mol. The summed E-state index contributed by atoms with van der Waals surface area (Å²) in [6, 6.07) is 18.9. The lowest BCUT2D eigenvalue weighted by Crippen LogP contribution is -2.32. The number of phenols is 1. The maximum atomic E-state index is 14.2. The van der Waals surface area contributed by atoms with Gasteiger partial charge >= 0.3 is 0 Å². The fourth-order valence-electron chi connectivity index (χ4n) is 4.69. The van der Waals surface area contributed by atoms with Crippen molar-refractivity contribution in [3.63, 3.8) is 0 Å². The number of rotatable bonds is 8. The molecule has 7 nitrogen and oxygen atoms in total. The third-order valence-electron chi connectivity index (χ3n) is 6.43. The van der Waals surface area contributed by atoms with Crippen LogP contribution in [0.2, 0.25) is 5.02 Å². The molecular weight excluding hydrogens is 519 g/mol. The number of nitrogens with zero attached hydrogens (tertiary/aromatic N) is 1. The van der Waals surface area contributed by atoms with E-state index in [1.807, 2.05) is 12.1 Å². The molecule has 0 bridgehead atoms. The molecule has 0 saturated carbocycles. The van der Waals surface area contributed by atoms with Crippen LogP contribution >= 0.6 is 11.6 Å². The molecule has 2 heterocycles. The standard InChI is InChI=1S/C30H24ClFN4O3/c31-21-9-17(10-22(32)14-21)11-27(36-28(38)13-20-16-35-26-7-6-23(37)15-25(20)26)29-24(5-2-8-34-29)18-3-1-4-19(12-18)30(33)39/h1-10,12,14-16,27,35,37H,11,13H2,(H2,33,39)(H,36,38). The molecule has 0 aliphatic heterocycles. The van der Waals surface area contributed by atoms with Crippen LogP contribution in [-0.4, -0.2) is 26.9 Å². The lowest BCUT2D eigenvalue weighted by Gasteiger charge is -2.22. The van der Waals surface area contributed by atoms with Crippen LogP contribution < -0.4 is 11.1 Å². The first-order valence-electron chi connectivity index (χ1n) is 12.2. The molecule has 3 aromatic carbocycles. The van der Waals surface area contributed by atoms with Gasteiger partial charge in [-0.05, 0) is 77.7 Å². The lowest BCUT2D eigenvalue weighted by molar-refractivity contribution is -0.121. The van der Waals surface area contributed by atoms with Gasteiger partial charge in [-0.1, -0.05) is 29.8 Å². The average Bonchev–Trinajstić information content (AvgIpc) is 3.29. The number of H-pyrrole nitrogens is 1. The summed E-state index contributed by atoms with van der Waals surface area (Å²) in [6.07, 6.45) is 3.57. The highest BCUT2D eigenvalue weighted by molar-refractivity contribution is 6.30. The van der Waals surface area contributed by atoms with Crippen LogP contribution in [0, 0.1) is 5.82 Å². The molecule has 0 aliphatic rings. The minimum Gasteiger partial charge on any atom is -0.508 e. The number of carbonyl (C=O) groups excluding carboxylic acids is 2. The Morgan fingerprint density at radius 1 is 1.08 bits per heavy atom. The molecule has 1 atom stereocenters. The summed E-state index contributed by atoms with van der Waals surface area (Å²) in [5.74, 6) is -1.25. The van der Waals surface area contributed by atoms with E-state index in [4.69, 9.17) is 17.3 Å². The second kappa shape index (κ2) is 11.0. The van der Waals surface area contributed by atoms with Gasteiger partial charge in [-0.3, -0.25) is 14.6 Å². The maximum Gasteiger partial charge on any atom is 0.248 e. The van der Waals surface area contributed by atoms with Gasteiger partial charge in [0.1, 0.15) is 11.6 Å². The number of amides is 2. The van der Waals surface area contributed by atoms with Crippen molar-refractivity contribution in [1.29, 1.82) is 0 Å². The van der Waals surface area contributed by atoms with Crippen LogP contribution in [0.15, 0.2) is 85.2 Å². The number of aromatic hydroxyl groups is 1. The van der Waals surface area contributed by atoms with Gasteiger partial charge in [0.2, 0.25) is 11.8 Å². The molecule has 1 unspecified atom stereocenters. The Hall–Kier alpha value is -4.69. The number of fused-ring (bicyclic) bond motifs is 1. The van der Waals surface area contributed by atoms with Crippen LogP contribution in [0.4, 0.5) is 4.39 Å². The van der Waals surface area contributed by atoms with Gasteiger partial charge in [0.05, 0.1) is 18.2 Å². The van der Waals surface area contributed by atoms with E-state index in [0.29, 0.717) is 33.5 Å². The second-order valence-electron chi connectivity index (χ2n) is 9.20. The monoisotopic (exact) mass is 542 g/mol. The zero-order valence-electron chi connectivity index (χ0n) is 20.6. The fourth-order valence-corrected chi connectivity index (χ4v) is 4.94. The lowest BCUT2D eigenvalue weighted by atomic mass is 9.94. The van der Waals surface area contributed by atoms with E-state index in [1.54, 1.807) is 60.9 Å². The molecule has 5 rings (SSSR count). The largest absolute Gasteiger partial charge is 0.508 e. The van der Waals surface area contributed by atoms with Gasteiger partial charge in [-0.15, -0.1) is 0 Å². The van der Waals surface area contributed by atoms with E-state index in [-0.39, 0.29) is 29.5 Å². The topological polar surface area (TPSA) is 121 Å². The van der Waals surface area contributed by atoms with Gasteiger partial charge in [-0.2, -0.15) is 0 Å². The number of aromatic amines is 1. The average molecular weight is 543 g/mol. The summed E-state index contributed by atoms with van der Waals surface area (Å²) in [7, 11) is 0. The number of hydrogen-bond acceptors (Lipinski definition) is 4. The summed E-state index contributed by atoms with van der Waals surface area (Å²) in [4.78, 5) is 32.9. The van der Waals surface area contributed by atoms with Crippen LogP contribution in [-0.2, 0) is 17.6 Å². The number of phenolic OH excluding ortho intramolecular Hbond substituents is 1. The molecule has 5 aromatic rings. The number of pyridine rings is 1. The molecule has 0 spiro atoms. The van der Waals surface area contributed by atoms with Gasteiger partial charge in [0.25, 0.3) is 0 Å². The van der Waals surface area contributed by atoms with Crippen molar-refractivity contribution >= 4 is 34.3 Å². The number of aromatic nitrogens is 2. The van der Waals surface area contributed by atoms with Crippen LogP contribution in [0.5, 0.6) is 5.75 Å². The van der Waals surface area contributed by atoms with Crippen molar-refractivity contribution in [2.45, 2.75) is 18.9 Å². The van der Waals surface area contributed by atoms with E-state index in [9.17, 15) is 19.1 Å². The molecule has 196 valence electrons. The summed E-state index contributed by atoms with van der Waals surface area (Å²) in [6.45, 7) is 0. The summed E-state index contributed by atoms with van der Waals surface area (Å²) >= 11 is 6.11. The summed E-state index contributed by atoms with van der Waals surface area (Å²) in [5, 5.41) is 13.9. The van der Waals surface area contributed by atoms with Crippen LogP contribution in [0.1, 0.15) is 33.2 Å². The number of hydrogen-bond donors (Lipinski definition) is 4. The third kappa shape index (κ3) is 5.91. The van der Waals surface area contributed by atoms with E-state index >= 15 is 0 Å². The smallest absolute Gasteiger partial charge is 0.248 e. The SMILES string of the molecule is NC(=O)c1cccc(-c2cccnc2C(Cc2cc(F)cc(Cl)c2)NC(=O)Cc2c[nH]c3ccc(O)cc23)c1. The number of nitrogens with one attached hydrogen (secondary N) is 2. The molecule has 0 aliphatic carbocycles. The van der Waals surface area contributed by atoms with Gasteiger partial charge in [0.15, 0.2) is 0 Å². The fraction of sp³-hybridized carbons (Fsp3) is 0.100. The van der Waals surface area contributed by atoms with Gasteiger partial charge in [0, 0.05) is 39.4 Å². The molecule has 2 amide bonds. The van der Waals surface area contributed by atoms with Crippen molar-refractivity contribution in [2.75, 3.05) is 0 Å². The molecule has 0 fully saturated rings. The van der Waals surface area contributed by atoms with Gasteiger partial charge < -0.3 is 21.1 Å². The molecule has 0 radical (unpaired) electrons. The number of benzene rings is 3. The number of halogens is 2. The minimum atomic E-state index is -0.664. The Morgan fingerprint density at radius 3 is 2.72 bits per heavy atom. The highest BCUT2D eigenvalue weighted by Gasteiger charge is 2.22. The Kier molecular flexibility index (Phi) is 7.29. The van der Waals surface area contributed by atoms with E-state index < -0.39 is 17.8 Å². The van der Waals surface area contributed by atoms with Crippen molar-refractivity contribution in [1.82, 2.24) is 15.3 Å². The third-order valence-corrected chi connectivity index (χ3v) is 6.64. The Labute approximate surface area is 228 Å². The van der Waals surface area contributed by atoms with Crippen LogP contribution in [0.25, 0.3) is 22.0 Å². The summed E-state index contributed by atoms with van der Waals surface area (Å²) in [5.41, 5.74) is 9.81. The molecule has 9 heteroatoms. The predicted octanol–water partition coefficient (Wildman–Crippen LogP) is 5.47. The van der Waals surface area contributed by atoms with Crippen molar-refractivity contribution in [3.8, 4) is 16.9 Å². The minimum absolute atomic E-state index is 0.0309. The zero-order chi connectivity index (χ0) is 27.5. The van der Waals surface area contributed by atoms with Crippen LogP contribution in [0.3, 0.4) is 0 Å². The number of primary amides is 1. The number of carbonyl (C=O) groups is 2. The first kappa shape index (κ1) is 25.9. The molecule has 5 N–H and O–H groups in total. The second-order valence-corrected chi connectivity index (χ2v) is 9.64. The first-order chi connectivity index (χ1) is 18.8. The summed E-state index contributed by atoms with van der Waals surface area (Å²) < 4.78 is 14.2. The van der Waals surface area contributed by atoms with E-state index in [2.05, 4.69) is 15.3 Å². The normalized spacial score (nSPS) is 11.8. The number of nitrogens with two attached hydrogens (primary N) is 1. The molecule has 39 heavy (non-hydrogen) atoms. The zero-order valence-corrected chi connectivity index (χ0v) is 21.4. The highest BCUT2D eigenvalue weighted by Crippen LogP contribution is 2.30. The Bertz CT molecular complexity index is 1680. The Balaban J connectivity index is 1.52. The maximum absolute atomic E-state index is 14.2. The molecular formula is C30H24ClFN4O3. The quantitative estimate of drug-likeness (QED) is 0.208. The van der Waals surface area contributed by atoms with Crippen molar-refractivity contribution in [3.05, 3.63) is 118 Å². The molecule has 0 saturated heterocycles.